The molecule has 0 unspecified atom stereocenters. The van der Waals surface area contributed by atoms with Crippen molar-refractivity contribution in [1.29, 1.82) is 0 Å². The second kappa shape index (κ2) is 7.12. The number of urea groups is 1. The third kappa shape index (κ3) is 3.31. The number of imide groups is 1. The van der Waals surface area contributed by atoms with Crippen molar-refractivity contribution in [3.8, 4) is 23.5 Å². The lowest BCUT2D eigenvalue weighted by atomic mass is 9.99. The maximum atomic E-state index is 14.2. The summed E-state index contributed by atoms with van der Waals surface area (Å²) >= 11 is 0. The molecule has 152 valence electrons. The van der Waals surface area contributed by atoms with Gasteiger partial charge in [0.25, 0.3) is 5.91 Å². The van der Waals surface area contributed by atoms with Crippen LogP contribution in [0.3, 0.4) is 0 Å². The van der Waals surface area contributed by atoms with Crippen molar-refractivity contribution >= 4 is 22.7 Å². The van der Waals surface area contributed by atoms with E-state index in [-0.39, 0.29) is 18.0 Å². The van der Waals surface area contributed by atoms with Gasteiger partial charge in [-0.2, -0.15) is 0 Å². The van der Waals surface area contributed by atoms with Gasteiger partial charge in [-0.05, 0) is 42.8 Å². The van der Waals surface area contributed by atoms with Crippen LogP contribution in [0, 0.1) is 24.6 Å². The van der Waals surface area contributed by atoms with E-state index in [0.29, 0.717) is 16.5 Å². The Hall–Kier alpha value is -3.99. The van der Waals surface area contributed by atoms with Crippen LogP contribution < -0.4 is 15.4 Å². The average molecular weight is 407 g/mol. The predicted molar refractivity (Wildman–Crippen MR) is 108 cm³/mol. The quantitative estimate of drug-likeness (QED) is 0.459. The zero-order valence-electron chi connectivity index (χ0n) is 16.2. The van der Waals surface area contributed by atoms with Crippen molar-refractivity contribution < 1.29 is 23.8 Å². The number of hydrogen-bond acceptors (Lipinski definition) is 4. The maximum Gasteiger partial charge on any atom is 0.323 e. The summed E-state index contributed by atoms with van der Waals surface area (Å²) in [7, 11) is 1.52. The molecule has 7 nitrogen and oxygen atoms in total. The number of carbonyl (C=O) groups excluding carboxylic acids is 2. The smallest absolute Gasteiger partial charge is 0.323 e. The Labute approximate surface area is 171 Å². The Morgan fingerprint density at radius 1 is 1.23 bits per heavy atom. The highest BCUT2D eigenvalue weighted by Gasteiger charge is 2.46. The van der Waals surface area contributed by atoms with E-state index in [9.17, 15) is 19.1 Å². The normalized spacial score (nSPS) is 18.0. The van der Waals surface area contributed by atoms with E-state index in [1.54, 1.807) is 37.4 Å². The summed E-state index contributed by atoms with van der Waals surface area (Å²) in [5.41, 5.74) is -0.843. The highest BCUT2D eigenvalue weighted by Crippen LogP contribution is 2.32. The van der Waals surface area contributed by atoms with E-state index < -0.39 is 23.3 Å². The third-order valence-electron chi connectivity index (χ3n) is 4.95. The molecule has 3 amide bonds. The molecule has 1 aromatic heterocycles. The molecule has 4 rings (SSSR count). The number of aromatic hydroxyl groups is 1. The van der Waals surface area contributed by atoms with E-state index in [4.69, 9.17) is 4.74 Å². The first-order chi connectivity index (χ1) is 14.3. The fourth-order valence-electron chi connectivity index (χ4n) is 3.35. The number of fused-ring (bicyclic) bond motifs is 1. The highest BCUT2D eigenvalue weighted by atomic mass is 19.1. The number of rotatable bonds is 3. The molecule has 1 aliphatic heterocycles. The SMILES string of the molecule is COc1ccc2cn(C[C@@]3(C#Cc4ccc(C)cc4F)NC(=O)NC3=O)c(O)c2c1. The van der Waals surface area contributed by atoms with Gasteiger partial charge in [-0.25, -0.2) is 9.18 Å². The molecule has 2 heterocycles. The number of halogens is 1. The van der Waals surface area contributed by atoms with Gasteiger partial charge in [0.05, 0.1) is 19.2 Å². The van der Waals surface area contributed by atoms with Crippen LogP contribution in [0.4, 0.5) is 9.18 Å². The van der Waals surface area contributed by atoms with Gasteiger partial charge in [0.2, 0.25) is 5.54 Å². The molecule has 3 N–H and O–H groups in total. The minimum Gasteiger partial charge on any atom is -0.497 e. The number of nitrogens with one attached hydrogen (secondary N) is 2. The van der Waals surface area contributed by atoms with E-state index in [1.807, 2.05) is 0 Å². The molecular formula is C22H18FN3O4. The van der Waals surface area contributed by atoms with E-state index in [0.717, 1.165) is 5.56 Å². The topological polar surface area (TPSA) is 92.6 Å². The molecule has 1 fully saturated rings. The van der Waals surface area contributed by atoms with Gasteiger partial charge in [-0.1, -0.05) is 17.9 Å². The number of amides is 3. The second-order valence-corrected chi connectivity index (χ2v) is 7.08. The van der Waals surface area contributed by atoms with E-state index >= 15 is 0 Å². The summed E-state index contributed by atoms with van der Waals surface area (Å²) in [5, 5.41) is 16.6. The largest absolute Gasteiger partial charge is 0.497 e. The molecule has 0 aliphatic carbocycles. The van der Waals surface area contributed by atoms with Crippen LogP contribution in [0.2, 0.25) is 0 Å². The van der Waals surface area contributed by atoms with Gasteiger partial charge in [0.15, 0.2) is 5.88 Å². The molecule has 0 saturated carbocycles. The number of benzene rings is 2. The summed E-state index contributed by atoms with van der Waals surface area (Å²) in [4.78, 5) is 24.4. The van der Waals surface area contributed by atoms with Crippen LogP contribution in [-0.4, -0.2) is 34.3 Å². The Morgan fingerprint density at radius 2 is 2.03 bits per heavy atom. The molecule has 1 saturated heterocycles. The molecule has 3 aromatic rings. The summed E-state index contributed by atoms with van der Waals surface area (Å²) in [6.07, 6.45) is 1.64. The van der Waals surface area contributed by atoms with Crippen LogP contribution in [-0.2, 0) is 11.3 Å². The Morgan fingerprint density at radius 3 is 2.70 bits per heavy atom. The number of aromatic nitrogens is 1. The van der Waals surface area contributed by atoms with Gasteiger partial charge < -0.3 is 19.7 Å². The molecule has 2 aromatic carbocycles. The maximum absolute atomic E-state index is 14.2. The number of methoxy groups -OCH3 is 1. The molecule has 8 heteroatoms. The van der Waals surface area contributed by atoms with Crippen molar-refractivity contribution in [2.45, 2.75) is 19.0 Å². The van der Waals surface area contributed by atoms with Crippen LogP contribution in [0.25, 0.3) is 10.8 Å². The van der Waals surface area contributed by atoms with Gasteiger partial charge in [-0.15, -0.1) is 0 Å². The Balaban J connectivity index is 1.77. The minimum absolute atomic E-state index is 0.0977. The number of hydrogen-bond donors (Lipinski definition) is 3. The first-order valence-electron chi connectivity index (χ1n) is 9.10. The van der Waals surface area contributed by atoms with Gasteiger partial charge >= 0.3 is 6.03 Å². The summed E-state index contributed by atoms with van der Waals surface area (Å²) in [6.45, 7) is 1.58. The van der Waals surface area contributed by atoms with Crippen molar-refractivity contribution in [2.75, 3.05) is 7.11 Å². The number of carbonyl (C=O) groups is 2. The number of ether oxygens (including phenoxy) is 1. The monoisotopic (exact) mass is 407 g/mol. The third-order valence-corrected chi connectivity index (χ3v) is 4.95. The lowest BCUT2D eigenvalue weighted by molar-refractivity contribution is -0.122. The Kier molecular flexibility index (Phi) is 4.59. The Bertz CT molecular complexity index is 1250. The van der Waals surface area contributed by atoms with Crippen molar-refractivity contribution in [3.63, 3.8) is 0 Å². The molecule has 1 atom stereocenters. The standard InChI is InChI=1S/C22H18FN3O4/c1-13-3-4-14(18(23)9-13)7-8-22(20(28)24-21(29)25-22)12-26-11-15-5-6-16(30-2)10-17(15)19(26)27/h3-6,9-11,27H,12H2,1-2H3,(H2,24,25,28,29)/t22-/m1/s1. The molecule has 0 radical (unpaired) electrons. The van der Waals surface area contributed by atoms with Crippen molar-refractivity contribution in [2.24, 2.45) is 0 Å². The minimum atomic E-state index is -1.68. The number of nitrogens with zero attached hydrogens (tertiary/aromatic N) is 1. The number of aryl methyl sites for hydroxylation is 1. The molecular weight excluding hydrogens is 389 g/mol. The van der Waals surface area contributed by atoms with Crippen LogP contribution in [0.5, 0.6) is 11.6 Å². The molecule has 30 heavy (non-hydrogen) atoms. The molecule has 0 spiro atoms. The van der Waals surface area contributed by atoms with Gasteiger partial charge in [-0.3, -0.25) is 10.1 Å². The summed E-state index contributed by atoms with van der Waals surface area (Å²) in [5.74, 6) is 4.60. The van der Waals surface area contributed by atoms with E-state index in [1.165, 1.54) is 23.8 Å². The highest BCUT2D eigenvalue weighted by molar-refractivity contribution is 6.09. The lowest BCUT2D eigenvalue weighted by Crippen LogP contribution is -2.49. The van der Waals surface area contributed by atoms with E-state index in [2.05, 4.69) is 22.5 Å². The first-order valence-corrected chi connectivity index (χ1v) is 9.10. The van der Waals surface area contributed by atoms with Gasteiger partial charge in [0.1, 0.15) is 11.6 Å². The van der Waals surface area contributed by atoms with Gasteiger partial charge in [0, 0.05) is 17.0 Å². The zero-order valence-corrected chi connectivity index (χ0v) is 16.2. The van der Waals surface area contributed by atoms with Crippen LogP contribution in [0.1, 0.15) is 11.1 Å². The zero-order chi connectivity index (χ0) is 21.5. The average Bonchev–Trinajstić information content (AvgIpc) is 3.16. The molecule has 1 aliphatic rings. The van der Waals surface area contributed by atoms with Crippen LogP contribution in [0.15, 0.2) is 42.6 Å². The lowest BCUT2D eigenvalue weighted by Gasteiger charge is -2.20. The fourth-order valence-corrected chi connectivity index (χ4v) is 3.35. The van der Waals surface area contributed by atoms with Crippen molar-refractivity contribution in [1.82, 2.24) is 15.2 Å². The van der Waals surface area contributed by atoms with Crippen LogP contribution >= 0.6 is 0 Å². The summed E-state index contributed by atoms with van der Waals surface area (Å²) < 4.78 is 20.8. The summed E-state index contributed by atoms with van der Waals surface area (Å²) in [6, 6.07) is 9.00. The molecule has 0 bridgehead atoms. The fraction of sp³-hybridized carbons (Fsp3) is 0.182. The first kappa shape index (κ1) is 19.3. The predicted octanol–water partition coefficient (Wildman–Crippen LogP) is 2.43. The second-order valence-electron chi connectivity index (χ2n) is 7.08. The van der Waals surface area contributed by atoms with Crippen molar-refractivity contribution in [3.05, 3.63) is 59.5 Å².